The quantitative estimate of drug-likeness (QED) is 0.872. The number of nitrogens with one attached hydrogen (secondary N) is 1. The Morgan fingerprint density at radius 1 is 1.13 bits per heavy atom. The summed E-state index contributed by atoms with van der Waals surface area (Å²) in [5, 5.41) is 3.66. The Balaban J connectivity index is 1.98. The summed E-state index contributed by atoms with van der Waals surface area (Å²) in [7, 11) is 1.77. The third kappa shape index (κ3) is 4.49. The van der Waals surface area contributed by atoms with E-state index in [4.69, 9.17) is 11.6 Å². The molecule has 23 heavy (non-hydrogen) atoms. The van der Waals surface area contributed by atoms with Gasteiger partial charge in [0.25, 0.3) is 0 Å². The van der Waals surface area contributed by atoms with E-state index < -0.39 is 0 Å². The van der Waals surface area contributed by atoms with Crippen LogP contribution in [0.2, 0.25) is 5.02 Å². The minimum atomic E-state index is -0.107. The van der Waals surface area contributed by atoms with Gasteiger partial charge in [-0.05, 0) is 49.1 Å². The normalized spacial score (nSPS) is 10.5. The van der Waals surface area contributed by atoms with E-state index in [0.717, 1.165) is 5.56 Å². The standard InChI is InChI=1S/C19H23ClN2O/c1-13-9-14(2)17(15(3)10-13)11-21-19(23)22(4)12-16-7-5-6-8-18(16)20/h5-10H,11-12H2,1-4H3,(H,21,23). The van der Waals surface area contributed by atoms with Gasteiger partial charge in [-0.25, -0.2) is 4.79 Å². The highest BCUT2D eigenvalue weighted by atomic mass is 35.5. The first-order valence-electron chi connectivity index (χ1n) is 7.67. The van der Waals surface area contributed by atoms with Crippen molar-refractivity contribution in [2.24, 2.45) is 0 Å². The number of hydrogen-bond acceptors (Lipinski definition) is 1. The van der Waals surface area contributed by atoms with Crippen LogP contribution in [0.25, 0.3) is 0 Å². The minimum Gasteiger partial charge on any atom is -0.334 e. The van der Waals surface area contributed by atoms with Crippen molar-refractivity contribution < 1.29 is 4.79 Å². The van der Waals surface area contributed by atoms with E-state index >= 15 is 0 Å². The fourth-order valence-electron chi connectivity index (χ4n) is 2.74. The first-order chi connectivity index (χ1) is 10.9. The third-order valence-electron chi connectivity index (χ3n) is 3.97. The summed E-state index contributed by atoms with van der Waals surface area (Å²) < 4.78 is 0. The lowest BCUT2D eigenvalue weighted by molar-refractivity contribution is 0.206. The molecule has 4 heteroatoms. The maximum Gasteiger partial charge on any atom is 0.317 e. The summed E-state index contributed by atoms with van der Waals surface area (Å²) in [5.41, 5.74) is 5.77. The van der Waals surface area contributed by atoms with Gasteiger partial charge in [0.1, 0.15) is 0 Å². The van der Waals surface area contributed by atoms with E-state index in [0.29, 0.717) is 18.1 Å². The first kappa shape index (κ1) is 17.4. The molecule has 0 bridgehead atoms. The fourth-order valence-corrected chi connectivity index (χ4v) is 2.94. The van der Waals surface area contributed by atoms with Crippen LogP contribution in [0.5, 0.6) is 0 Å². The SMILES string of the molecule is Cc1cc(C)c(CNC(=O)N(C)Cc2ccccc2Cl)c(C)c1. The van der Waals surface area contributed by atoms with Gasteiger partial charge in [-0.3, -0.25) is 0 Å². The molecule has 0 aliphatic heterocycles. The van der Waals surface area contributed by atoms with Crippen molar-refractivity contribution in [1.82, 2.24) is 10.2 Å². The van der Waals surface area contributed by atoms with Crippen LogP contribution >= 0.6 is 11.6 Å². The Labute approximate surface area is 143 Å². The zero-order valence-corrected chi connectivity index (χ0v) is 14.9. The maximum absolute atomic E-state index is 12.3. The summed E-state index contributed by atoms with van der Waals surface area (Å²) in [6, 6.07) is 11.7. The zero-order chi connectivity index (χ0) is 17.0. The molecule has 0 aromatic heterocycles. The van der Waals surface area contributed by atoms with Crippen LogP contribution in [0.3, 0.4) is 0 Å². The smallest absolute Gasteiger partial charge is 0.317 e. The number of carbonyl (C=O) groups is 1. The Bertz CT molecular complexity index is 689. The first-order valence-corrected chi connectivity index (χ1v) is 8.05. The lowest BCUT2D eigenvalue weighted by Crippen LogP contribution is -2.36. The summed E-state index contributed by atoms with van der Waals surface area (Å²) in [4.78, 5) is 13.9. The predicted molar refractivity (Wildman–Crippen MR) is 95.8 cm³/mol. The number of amides is 2. The summed E-state index contributed by atoms with van der Waals surface area (Å²) in [6.45, 7) is 7.25. The molecular weight excluding hydrogens is 308 g/mol. The van der Waals surface area contributed by atoms with E-state index in [2.05, 4.69) is 38.2 Å². The number of hydrogen-bond donors (Lipinski definition) is 1. The van der Waals surface area contributed by atoms with Crippen molar-refractivity contribution in [1.29, 1.82) is 0 Å². The second-order valence-electron chi connectivity index (χ2n) is 5.98. The molecular formula is C19H23ClN2O. The number of rotatable bonds is 4. The van der Waals surface area contributed by atoms with Gasteiger partial charge in [-0.1, -0.05) is 47.5 Å². The minimum absolute atomic E-state index is 0.107. The van der Waals surface area contributed by atoms with Gasteiger partial charge in [0.05, 0.1) is 0 Å². The predicted octanol–water partition coefficient (Wildman–Crippen LogP) is 4.61. The van der Waals surface area contributed by atoms with E-state index in [1.165, 1.54) is 22.3 Å². The second-order valence-corrected chi connectivity index (χ2v) is 6.39. The van der Waals surface area contributed by atoms with Gasteiger partial charge in [-0.2, -0.15) is 0 Å². The van der Waals surface area contributed by atoms with Crippen LogP contribution in [0.4, 0.5) is 4.79 Å². The van der Waals surface area contributed by atoms with Crippen LogP contribution in [0.1, 0.15) is 27.8 Å². The van der Waals surface area contributed by atoms with Gasteiger partial charge in [0.15, 0.2) is 0 Å². The molecule has 0 heterocycles. The van der Waals surface area contributed by atoms with Crippen molar-refractivity contribution in [3.8, 4) is 0 Å². The average molecular weight is 331 g/mol. The van der Waals surface area contributed by atoms with Crippen molar-refractivity contribution in [2.45, 2.75) is 33.9 Å². The number of halogens is 1. The van der Waals surface area contributed by atoms with Crippen LogP contribution in [0, 0.1) is 20.8 Å². The zero-order valence-electron chi connectivity index (χ0n) is 14.1. The van der Waals surface area contributed by atoms with Crippen LogP contribution in [0.15, 0.2) is 36.4 Å². The molecule has 0 fully saturated rings. The van der Waals surface area contributed by atoms with Gasteiger partial charge in [0, 0.05) is 25.2 Å². The summed E-state index contributed by atoms with van der Waals surface area (Å²) in [5.74, 6) is 0. The second kappa shape index (κ2) is 7.51. The molecule has 2 aromatic rings. The third-order valence-corrected chi connectivity index (χ3v) is 4.34. The van der Waals surface area contributed by atoms with Crippen molar-refractivity contribution in [2.75, 3.05) is 7.05 Å². The Morgan fingerprint density at radius 3 is 2.35 bits per heavy atom. The molecule has 0 radical (unpaired) electrons. The highest BCUT2D eigenvalue weighted by Gasteiger charge is 2.12. The van der Waals surface area contributed by atoms with Crippen LogP contribution < -0.4 is 5.32 Å². The van der Waals surface area contributed by atoms with Gasteiger partial charge >= 0.3 is 6.03 Å². The highest BCUT2D eigenvalue weighted by molar-refractivity contribution is 6.31. The lowest BCUT2D eigenvalue weighted by atomic mass is 10.00. The fraction of sp³-hybridized carbons (Fsp3) is 0.316. The molecule has 0 atom stereocenters. The van der Waals surface area contributed by atoms with Crippen molar-refractivity contribution >= 4 is 17.6 Å². The van der Waals surface area contributed by atoms with Crippen LogP contribution in [-0.4, -0.2) is 18.0 Å². The van der Waals surface area contributed by atoms with Gasteiger partial charge in [0.2, 0.25) is 0 Å². The molecule has 0 spiro atoms. The number of benzene rings is 2. The lowest BCUT2D eigenvalue weighted by Gasteiger charge is -2.20. The molecule has 122 valence electrons. The molecule has 1 N–H and O–H groups in total. The molecule has 0 saturated carbocycles. The molecule has 2 amide bonds. The molecule has 0 saturated heterocycles. The Morgan fingerprint density at radius 2 is 1.74 bits per heavy atom. The summed E-state index contributed by atoms with van der Waals surface area (Å²) >= 11 is 6.14. The topological polar surface area (TPSA) is 32.3 Å². The highest BCUT2D eigenvalue weighted by Crippen LogP contribution is 2.18. The Hall–Kier alpha value is -2.00. The molecule has 3 nitrogen and oxygen atoms in total. The molecule has 0 aliphatic carbocycles. The largest absolute Gasteiger partial charge is 0.334 e. The number of aryl methyl sites for hydroxylation is 3. The van der Waals surface area contributed by atoms with E-state index in [1.807, 2.05) is 24.3 Å². The van der Waals surface area contributed by atoms with Gasteiger partial charge in [-0.15, -0.1) is 0 Å². The molecule has 2 aromatic carbocycles. The number of carbonyl (C=O) groups excluding carboxylic acids is 1. The molecule has 2 rings (SSSR count). The van der Waals surface area contributed by atoms with Crippen molar-refractivity contribution in [3.63, 3.8) is 0 Å². The van der Waals surface area contributed by atoms with E-state index in [-0.39, 0.29) is 6.03 Å². The van der Waals surface area contributed by atoms with E-state index in [1.54, 1.807) is 11.9 Å². The average Bonchev–Trinajstić information content (AvgIpc) is 2.48. The monoisotopic (exact) mass is 330 g/mol. The van der Waals surface area contributed by atoms with E-state index in [9.17, 15) is 4.79 Å². The van der Waals surface area contributed by atoms with Gasteiger partial charge < -0.3 is 10.2 Å². The van der Waals surface area contributed by atoms with Crippen molar-refractivity contribution in [3.05, 3.63) is 69.2 Å². The summed E-state index contributed by atoms with van der Waals surface area (Å²) in [6.07, 6.45) is 0. The van der Waals surface area contributed by atoms with Crippen LogP contribution in [-0.2, 0) is 13.1 Å². The number of urea groups is 1. The molecule has 0 aliphatic rings. The Kier molecular flexibility index (Phi) is 5.67. The maximum atomic E-state index is 12.3. The molecule has 0 unspecified atom stereocenters. The number of nitrogens with zero attached hydrogens (tertiary/aromatic N) is 1.